The maximum atomic E-state index is 14.2. The van der Waals surface area contributed by atoms with E-state index in [1.807, 2.05) is 0 Å². The number of carbonyl (C=O) groups excluding carboxylic acids is 6. The molecule has 6 aromatic rings. The van der Waals surface area contributed by atoms with E-state index < -0.39 is 59.1 Å². The largest absolute Gasteiger partial charge is 0.398 e. The molecule has 0 aliphatic rings. The van der Waals surface area contributed by atoms with Crippen molar-refractivity contribution in [1.82, 2.24) is 45.9 Å². The summed E-state index contributed by atoms with van der Waals surface area (Å²) in [6.45, 7) is 1.18. The standard InChI is InChI=1S/C52H61N15O6/c53-16-4-1-7-40(65-50(71)43-28-59-19-22-62-43)47(68)31-10-13-34(37(56)25-31)46(35-14-11-32(26-38(35)57)48(69)41(8-2-5-17-54)66-51(72)44-29-60-20-23-63-44)36-15-12-33(27-39(36)58)49(70)42(9-3-6-18-55)67-52(73)45-30-61-21-24-64-45/h10-15,19-30,40-42,46H,1-9,16-18,53-58H2,(H,65,71)(H,66,72)(H,67,73)/t40-,41-,42-/m1/s1. The Hall–Kier alpha value is -8.40. The van der Waals surface area contributed by atoms with Crippen LogP contribution in [0, 0.1) is 0 Å². The third kappa shape index (κ3) is 14.4. The number of rotatable bonds is 27. The van der Waals surface area contributed by atoms with Crippen LogP contribution in [0.3, 0.4) is 0 Å². The van der Waals surface area contributed by atoms with Crippen molar-refractivity contribution in [2.24, 2.45) is 17.2 Å². The third-order valence-corrected chi connectivity index (χ3v) is 12.1. The number of nitrogens with two attached hydrogens (primary N) is 6. The fourth-order valence-electron chi connectivity index (χ4n) is 8.31. The van der Waals surface area contributed by atoms with Crippen LogP contribution >= 0.6 is 0 Å². The lowest BCUT2D eigenvalue weighted by molar-refractivity contribution is 0.0848. The molecule has 21 nitrogen and oxygen atoms in total. The van der Waals surface area contributed by atoms with Gasteiger partial charge >= 0.3 is 0 Å². The number of hydrogen-bond acceptors (Lipinski definition) is 18. The smallest absolute Gasteiger partial charge is 0.272 e. The highest BCUT2D eigenvalue weighted by Gasteiger charge is 2.31. The predicted molar refractivity (Wildman–Crippen MR) is 275 cm³/mol. The highest BCUT2D eigenvalue weighted by atomic mass is 16.2. The van der Waals surface area contributed by atoms with Crippen LogP contribution in [0.25, 0.3) is 0 Å². The number of benzene rings is 3. The highest BCUT2D eigenvalue weighted by molar-refractivity contribution is 6.06. The molecule has 3 heterocycles. The lowest BCUT2D eigenvalue weighted by Crippen LogP contribution is -2.41. The fourth-order valence-corrected chi connectivity index (χ4v) is 8.31. The Morgan fingerprint density at radius 3 is 0.932 bits per heavy atom. The van der Waals surface area contributed by atoms with Gasteiger partial charge in [-0.15, -0.1) is 0 Å². The molecule has 0 fully saturated rings. The number of ketones is 3. The molecule has 0 aliphatic heterocycles. The summed E-state index contributed by atoms with van der Waals surface area (Å²) in [5.41, 5.74) is 40.6. The van der Waals surface area contributed by atoms with Gasteiger partial charge in [-0.2, -0.15) is 0 Å². The van der Waals surface area contributed by atoms with Crippen LogP contribution in [0.15, 0.2) is 110 Å². The van der Waals surface area contributed by atoms with Gasteiger partial charge in [0.25, 0.3) is 17.7 Å². The Morgan fingerprint density at radius 2 is 0.699 bits per heavy atom. The van der Waals surface area contributed by atoms with Crippen LogP contribution in [0.4, 0.5) is 17.1 Å². The van der Waals surface area contributed by atoms with E-state index in [0.29, 0.717) is 74.8 Å². The Kier molecular flexibility index (Phi) is 19.7. The maximum absolute atomic E-state index is 14.2. The van der Waals surface area contributed by atoms with Crippen molar-refractivity contribution >= 4 is 52.1 Å². The minimum absolute atomic E-state index is 0.0373. The highest BCUT2D eigenvalue weighted by Crippen LogP contribution is 2.41. The number of aromatic nitrogens is 6. The van der Waals surface area contributed by atoms with Crippen LogP contribution in [0.2, 0.25) is 0 Å². The Bertz CT molecular complexity index is 2550. The van der Waals surface area contributed by atoms with Gasteiger partial charge in [0, 0.05) is 76.9 Å². The fraction of sp³-hybridized carbons (Fsp3) is 0.308. The summed E-state index contributed by atoms with van der Waals surface area (Å²) < 4.78 is 0. The van der Waals surface area contributed by atoms with Gasteiger partial charge in [0.2, 0.25) is 0 Å². The molecule has 3 aromatic carbocycles. The van der Waals surface area contributed by atoms with E-state index >= 15 is 0 Å². The molecule has 0 unspecified atom stereocenters. The Morgan fingerprint density at radius 1 is 0.411 bits per heavy atom. The molecule has 0 bridgehead atoms. The zero-order valence-electron chi connectivity index (χ0n) is 40.3. The molecule has 6 rings (SSSR count). The molecule has 73 heavy (non-hydrogen) atoms. The molecular formula is C52H61N15O6. The number of nitrogens with one attached hydrogen (secondary N) is 3. The molecule has 15 N–H and O–H groups in total. The number of amides is 3. The van der Waals surface area contributed by atoms with E-state index in [0.717, 1.165) is 0 Å². The van der Waals surface area contributed by atoms with Crippen molar-refractivity contribution in [2.45, 2.75) is 81.8 Å². The molecule has 21 heteroatoms. The van der Waals surface area contributed by atoms with E-state index in [1.54, 1.807) is 36.4 Å². The first kappa shape index (κ1) is 53.9. The number of carbonyl (C=O) groups is 6. The second-order valence-electron chi connectivity index (χ2n) is 17.3. The summed E-state index contributed by atoms with van der Waals surface area (Å²) in [6.07, 6.45) is 16.7. The summed E-state index contributed by atoms with van der Waals surface area (Å²) >= 11 is 0. The van der Waals surface area contributed by atoms with Gasteiger partial charge in [-0.05, 0) is 112 Å². The summed E-state index contributed by atoms with van der Waals surface area (Å²) in [5.74, 6) is -3.83. The molecule has 3 aromatic heterocycles. The van der Waals surface area contributed by atoms with E-state index in [1.165, 1.54) is 74.0 Å². The molecule has 0 radical (unpaired) electrons. The van der Waals surface area contributed by atoms with Crippen LogP contribution in [0.1, 0.15) is 143 Å². The number of nitrogen functional groups attached to an aromatic ring is 3. The van der Waals surface area contributed by atoms with Crippen molar-refractivity contribution in [3.05, 3.63) is 161 Å². The van der Waals surface area contributed by atoms with Crippen LogP contribution < -0.4 is 50.4 Å². The summed E-state index contributed by atoms with van der Waals surface area (Å²) in [5, 5.41) is 8.38. The summed E-state index contributed by atoms with van der Waals surface area (Å²) in [7, 11) is 0. The second kappa shape index (κ2) is 26.7. The van der Waals surface area contributed by atoms with E-state index in [2.05, 4.69) is 45.9 Å². The molecule has 380 valence electrons. The number of anilines is 3. The SMILES string of the molecule is NCCCC[C@@H](NC(=O)c1cnccn1)C(=O)c1ccc(C(c2ccc(C(=O)[C@@H](CCCCN)NC(=O)c3cnccn3)cc2N)c2ccc(C(=O)[C@@H](CCCCN)NC(=O)c3cnccn3)cc2N)c(N)c1. The van der Waals surface area contributed by atoms with Crippen LogP contribution in [-0.4, -0.2) is 103 Å². The lowest BCUT2D eigenvalue weighted by atomic mass is 9.80. The Balaban J connectivity index is 1.39. The van der Waals surface area contributed by atoms with Gasteiger partial charge in [-0.1, -0.05) is 36.4 Å². The van der Waals surface area contributed by atoms with Gasteiger partial charge in [0.15, 0.2) is 17.3 Å². The normalized spacial score (nSPS) is 12.3. The first-order valence-corrected chi connectivity index (χ1v) is 24.0. The first-order valence-electron chi connectivity index (χ1n) is 24.0. The zero-order valence-corrected chi connectivity index (χ0v) is 40.3. The van der Waals surface area contributed by atoms with Crippen LogP contribution in [0.5, 0.6) is 0 Å². The minimum Gasteiger partial charge on any atom is -0.398 e. The zero-order chi connectivity index (χ0) is 52.3. The number of nitrogens with zero attached hydrogens (tertiary/aromatic N) is 6. The van der Waals surface area contributed by atoms with Gasteiger partial charge in [-0.25, -0.2) is 15.0 Å². The predicted octanol–water partition coefficient (Wildman–Crippen LogP) is 3.31. The minimum atomic E-state index is -0.961. The number of hydrogen-bond donors (Lipinski definition) is 9. The van der Waals surface area contributed by atoms with Crippen molar-refractivity contribution in [3.8, 4) is 0 Å². The van der Waals surface area contributed by atoms with Gasteiger partial charge in [0.05, 0.1) is 36.7 Å². The topological polar surface area (TPSA) is 372 Å². The van der Waals surface area contributed by atoms with Gasteiger partial charge in [0.1, 0.15) is 17.1 Å². The van der Waals surface area contributed by atoms with E-state index in [4.69, 9.17) is 34.4 Å². The van der Waals surface area contributed by atoms with Crippen molar-refractivity contribution in [3.63, 3.8) is 0 Å². The first-order chi connectivity index (χ1) is 35.3. The second-order valence-corrected chi connectivity index (χ2v) is 17.3. The van der Waals surface area contributed by atoms with Crippen LogP contribution in [-0.2, 0) is 0 Å². The van der Waals surface area contributed by atoms with Gasteiger partial charge < -0.3 is 50.4 Å². The average molecular weight is 992 g/mol. The molecule has 3 atom stereocenters. The number of Topliss-reactive ketones (excluding diaryl/α,β-unsaturated/α-hetero) is 3. The lowest BCUT2D eigenvalue weighted by Gasteiger charge is -2.25. The third-order valence-electron chi connectivity index (χ3n) is 12.1. The molecule has 0 spiro atoms. The molecule has 0 saturated heterocycles. The quantitative estimate of drug-likeness (QED) is 0.0155. The molecular weight excluding hydrogens is 931 g/mol. The average Bonchev–Trinajstić information content (AvgIpc) is 3.41. The number of unbranched alkanes of at least 4 members (excludes halogenated alkanes) is 3. The molecule has 0 saturated carbocycles. The van der Waals surface area contributed by atoms with Crippen molar-refractivity contribution < 1.29 is 28.8 Å². The molecule has 0 aliphatic carbocycles. The van der Waals surface area contributed by atoms with E-state index in [9.17, 15) is 28.8 Å². The maximum Gasteiger partial charge on any atom is 0.272 e. The Labute approximate surface area is 422 Å². The summed E-state index contributed by atoms with van der Waals surface area (Å²) in [4.78, 5) is 106. The monoisotopic (exact) mass is 991 g/mol. The summed E-state index contributed by atoms with van der Waals surface area (Å²) in [6, 6.07) is 11.4. The van der Waals surface area contributed by atoms with E-state index in [-0.39, 0.29) is 70.1 Å². The van der Waals surface area contributed by atoms with Crippen molar-refractivity contribution in [2.75, 3.05) is 36.8 Å². The van der Waals surface area contributed by atoms with Crippen molar-refractivity contribution in [1.29, 1.82) is 0 Å². The van der Waals surface area contributed by atoms with Gasteiger partial charge in [-0.3, -0.25) is 43.7 Å². The molecule has 3 amide bonds.